The minimum absolute atomic E-state index is 0.0210. The van der Waals surface area contributed by atoms with Gasteiger partial charge in [-0.1, -0.05) is 24.3 Å². The topological polar surface area (TPSA) is 61.9 Å². The van der Waals surface area contributed by atoms with Gasteiger partial charge in [-0.25, -0.2) is 4.79 Å². The molecule has 6 nitrogen and oxygen atoms in total. The van der Waals surface area contributed by atoms with Crippen LogP contribution in [0.1, 0.15) is 0 Å². The number of ether oxygens (including phenoxy) is 1. The van der Waals surface area contributed by atoms with Crippen LogP contribution in [0.15, 0.2) is 53.4 Å². The molecule has 0 atom stereocenters. The number of amides is 3. The Morgan fingerprint density at radius 1 is 1.15 bits per heavy atom. The standard InChI is InChI=1S/C19H21N3O3S/c1-25-16-9-5-4-8-15(16)22-12-11-21(19(22)24)13-18(23)20-14-7-3-6-10-17(14)26-2/h3-10H,11-13H2,1-2H3,(H,20,23). The van der Waals surface area contributed by atoms with Crippen molar-refractivity contribution in [3.05, 3.63) is 48.5 Å². The van der Waals surface area contributed by atoms with Gasteiger partial charge in [-0.2, -0.15) is 0 Å². The molecule has 0 radical (unpaired) electrons. The number of anilines is 2. The Kier molecular flexibility index (Phi) is 5.68. The molecule has 1 heterocycles. The molecule has 136 valence electrons. The van der Waals surface area contributed by atoms with Gasteiger partial charge in [0.1, 0.15) is 12.3 Å². The molecule has 26 heavy (non-hydrogen) atoms. The fourth-order valence-corrected chi connectivity index (χ4v) is 3.47. The van der Waals surface area contributed by atoms with Crippen LogP contribution in [0.5, 0.6) is 5.75 Å². The Bertz CT molecular complexity index is 812. The van der Waals surface area contributed by atoms with E-state index in [1.165, 1.54) is 0 Å². The monoisotopic (exact) mass is 371 g/mol. The maximum absolute atomic E-state index is 12.7. The maximum atomic E-state index is 12.7. The summed E-state index contributed by atoms with van der Waals surface area (Å²) in [4.78, 5) is 29.3. The highest BCUT2D eigenvalue weighted by molar-refractivity contribution is 7.98. The van der Waals surface area contributed by atoms with Crippen LogP contribution in [0.3, 0.4) is 0 Å². The minimum atomic E-state index is -0.207. The van der Waals surface area contributed by atoms with E-state index in [0.29, 0.717) is 18.8 Å². The first kappa shape index (κ1) is 18.1. The number of nitrogens with zero attached hydrogens (tertiary/aromatic N) is 2. The van der Waals surface area contributed by atoms with E-state index in [1.807, 2.05) is 54.8 Å². The molecule has 3 amide bonds. The van der Waals surface area contributed by atoms with Gasteiger partial charge < -0.3 is 15.0 Å². The lowest BCUT2D eigenvalue weighted by Crippen LogP contribution is -2.37. The number of hydrogen-bond acceptors (Lipinski definition) is 4. The molecule has 3 rings (SSSR count). The number of urea groups is 1. The van der Waals surface area contributed by atoms with E-state index in [-0.39, 0.29) is 18.5 Å². The number of methoxy groups -OCH3 is 1. The zero-order valence-corrected chi connectivity index (χ0v) is 15.6. The molecule has 0 saturated carbocycles. The third-order valence-electron chi connectivity index (χ3n) is 4.19. The van der Waals surface area contributed by atoms with Crippen LogP contribution < -0.4 is 15.0 Å². The highest BCUT2D eigenvalue weighted by Gasteiger charge is 2.32. The average Bonchev–Trinajstić information content (AvgIpc) is 3.02. The van der Waals surface area contributed by atoms with E-state index in [0.717, 1.165) is 16.3 Å². The number of thioether (sulfide) groups is 1. The first-order chi connectivity index (χ1) is 12.6. The number of nitrogens with one attached hydrogen (secondary N) is 1. The molecule has 1 saturated heterocycles. The average molecular weight is 371 g/mol. The summed E-state index contributed by atoms with van der Waals surface area (Å²) < 4.78 is 5.33. The van der Waals surface area contributed by atoms with Crippen molar-refractivity contribution in [2.45, 2.75) is 4.90 Å². The van der Waals surface area contributed by atoms with Crippen LogP contribution in [-0.2, 0) is 4.79 Å². The van der Waals surface area contributed by atoms with Crippen LogP contribution in [-0.4, -0.2) is 49.8 Å². The lowest BCUT2D eigenvalue weighted by molar-refractivity contribution is -0.116. The summed E-state index contributed by atoms with van der Waals surface area (Å²) >= 11 is 1.57. The molecule has 7 heteroatoms. The van der Waals surface area contributed by atoms with Crippen LogP contribution in [0, 0.1) is 0 Å². The van der Waals surface area contributed by atoms with Crippen molar-refractivity contribution in [2.24, 2.45) is 0 Å². The van der Waals surface area contributed by atoms with E-state index in [9.17, 15) is 9.59 Å². The molecular weight excluding hydrogens is 350 g/mol. The van der Waals surface area contributed by atoms with E-state index < -0.39 is 0 Å². The maximum Gasteiger partial charge on any atom is 0.325 e. The number of hydrogen-bond donors (Lipinski definition) is 1. The first-order valence-corrected chi connectivity index (χ1v) is 9.49. The number of para-hydroxylation sites is 3. The van der Waals surface area contributed by atoms with Gasteiger partial charge in [0.2, 0.25) is 5.91 Å². The van der Waals surface area contributed by atoms with Crippen molar-refractivity contribution < 1.29 is 14.3 Å². The van der Waals surface area contributed by atoms with Crippen LogP contribution in [0.4, 0.5) is 16.2 Å². The Morgan fingerprint density at radius 3 is 2.65 bits per heavy atom. The lowest BCUT2D eigenvalue weighted by Gasteiger charge is -2.20. The third kappa shape index (κ3) is 3.77. The largest absolute Gasteiger partial charge is 0.495 e. The minimum Gasteiger partial charge on any atom is -0.495 e. The van der Waals surface area contributed by atoms with Gasteiger partial charge in [-0.3, -0.25) is 9.69 Å². The molecule has 0 spiro atoms. The number of carbonyl (C=O) groups excluding carboxylic acids is 2. The summed E-state index contributed by atoms with van der Waals surface area (Å²) in [6.07, 6.45) is 1.96. The predicted molar refractivity (Wildman–Crippen MR) is 104 cm³/mol. The summed E-state index contributed by atoms with van der Waals surface area (Å²) in [7, 11) is 1.58. The second-order valence-electron chi connectivity index (χ2n) is 5.78. The molecule has 0 bridgehead atoms. The quantitative estimate of drug-likeness (QED) is 0.792. The van der Waals surface area contributed by atoms with Crippen LogP contribution >= 0.6 is 11.8 Å². The van der Waals surface area contributed by atoms with Crippen molar-refractivity contribution in [1.29, 1.82) is 0 Å². The van der Waals surface area contributed by atoms with Gasteiger partial charge in [0.05, 0.1) is 18.5 Å². The lowest BCUT2D eigenvalue weighted by atomic mass is 10.2. The number of carbonyl (C=O) groups is 2. The zero-order chi connectivity index (χ0) is 18.5. The molecular formula is C19H21N3O3S. The van der Waals surface area contributed by atoms with E-state index in [1.54, 1.807) is 28.7 Å². The Hall–Kier alpha value is -2.67. The van der Waals surface area contributed by atoms with Gasteiger partial charge in [-0.05, 0) is 30.5 Å². The van der Waals surface area contributed by atoms with Gasteiger partial charge in [0.25, 0.3) is 0 Å². The van der Waals surface area contributed by atoms with Gasteiger partial charge in [0, 0.05) is 18.0 Å². The van der Waals surface area contributed by atoms with E-state index in [2.05, 4.69) is 5.32 Å². The second-order valence-corrected chi connectivity index (χ2v) is 6.62. The molecule has 2 aromatic rings. The normalized spacial score (nSPS) is 13.8. The first-order valence-electron chi connectivity index (χ1n) is 8.26. The molecule has 0 aromatic heterocycles. The van der Waals surface area contributed by atoms with Crippen molar-refractivity contribution in [3.8, 4) is 5.75 Å². The molecule has 0 aliphatic carbocycles. The van der Waals surface area contributed by atoms with Crippen molar-refractivity contribution >= 4 is 35.1 Å². The summed E-state index contributed by atoms with van der Waals surface area (Å²) in [5.74, 6) is 0.433. The zero-order valence-electron chi connectivity index (χ0n) is 14.8. The highest BCUT2D eigenvalue weighted by atomic mass is 32.2. The summed E-state index contributed by atoms with van der Waals surface area (Å²) in [6.45, 7) is 1.04. The van der Waals surface area contributed by atoms with E-state index >= 15 is 0 Å². The Morgan fingerprint density at radius 2 is 1.88 bits per heavy atom. The Balaban J connectivity index is 1.66. The molecule has 1 N–H and O–H groups in total. The summed E-state index contributed by atoms with van der Waals surface area (Å²) in [6, 6.07) is 14.8. The van der Waals surface area contributed by atoms with Gasteiger partial charge >= 0.3 is 6.03 Å². The molecule has 1 aliphatic rings. The highest BCUT2D eigenvalue weighted by Crippen LogP contribution is 2.30. The van der Waals surface area contributed by atoms with Crippen molar-refractivity contribution in [1.82, 2.24) is 4.90 Å². The fraction of sp³-hybridized carbons (Fsp3) is 0.263. The smallest absolute Gasteiger partial charge is 0.325 e. The molecule has 2 aromatic carbocycles. The summed E-state index contributed by atoms with van der Waals surface area (Å²) in [5, 5.41) is 2.89. The van der Waals surface area contributed by atoms with Gasteiger partial charge in [0.15, 0.2) is 0 Å². The third-order valence-corrected chi connectivity index (χ3v) is 4.98. The molecule has 1 fully saturated rings. The Labute approximate surface area is 157 Å². The fourth-order valence-electron chi connectivity index (χ4n) is 2.92. The number of rotatable bonds is 6. The van der Waals surface area contributed by atoms with Crippen LogP contribution in [0.2, 0.25) is 0 Å². The summed E-state index contributed by atoms with van der Waals surface area (Å²) in [5.41, 5.74) is 1.48. The molecule has 0 unspecified atom stereocenters. The van der Waals surface area contributed by atoms with Crippen molar-refractivity contribution in [3.63, 3.8) is 0 Å². The van der Waals surface area contributed by atoms with E-state index in [4.69, 9.17) is 4.74 Å². The predicted octanol–water partition coefficient (Wildman–Crippen LogP) is 3.30. The second kappa shape index (κ2) is 8.14. The van der Waals surface area contributed by atoms with Crippen LogP contribution in [0.25, 0.3) is 0 Å². The van der Waals surface area contributed by atoms with Gasteiger partial charge in [-0.15, -0.1) is 11.8 Å². The molecule has 1 aliphatic heterocycles. The van der Waals surface area contributed by atoms with Crippen molar-refractivity contribution in [2.75, 3.05) is 43.2 Å². The SMILES string of the molecule is COc1ccccc1N1CCN(CC(=O)Nc2ccccc2SC)C1=O. The number of benzene rings is 2.